The minimum atomic E-state index is -0.584. The standard InChI is InChI=1S/C22H27ClN2O2S/c1-16(2)13-24-22(27)17(3)25(14-18-9-7-8-12-20(18)23)21(26)15-28-19-10-5-4-6-11-19/h4-12,16-17H,13-15H2,1-3H3,(H,24,27). The molecule has 0 saturated carbocycles. The molecule has 0 aliphatic rings. The number of carbonyl (C=O) groups excluding carboxylic acids is 2. The summed E-state index contributed by atoms with van der Waals surface area (Å²) >= 11 is 7.75. The quantitative estimate of drug-likeness (QED) is 0.604. The molecule has 150 valence electrons. The summed E-state index contributed by atoms with van der Waals surface area (Å²) in [6, 6.07) is 16.6. The van der Waals surface area contributed by atoms with Gasteiger partial charge in [-0.1, -0.05) is 61.8 Å². The van der Waals surface area contributed by atoms with Gasteiger partial charge >= 0.3 is 0 Å². The molecule has 0 fully saturated rings. The first-order valence-electron chi connectivity index (χ1n) is 9.37. The molecule has 0 saturated heterocycles. The third kappa shape index (κ3) is 6.88. The molecule has 0 heterocycles. The summed E-state index contributed by atoms with van der Waals surface area (Å²) in [4.78, 5) is 28.2. The van der Waals surface area contributed by atoms with Crippen molar-refractivity contribution in [1.29, 1.82) is 0 Å². The molecule has 0 spiro atoms. The number of hydrogen-bond donors (Lipinski definition) is 1. The van der Waals surface area contributed by atoms with Gasteiger partial charge in [0.2, 0.25) is 11.8 Å². The van der Waals surface area contributed by atoms with E-state index >= 15 is 0 Å². The second-order valence-electron chi connectivity index (χ2n) is 7.03. The molecule has 0 bridgehead atoms. The molecule has 0 aromatic heterocycles. The predicted octanol–water partition coefficient (Wildman–Crippen LogP) is 4.62. The van der Waals surface area contributed by atoms with Crippen molar-refractivity contribution < 1.29 is 9.59 Å². The maximum atomic E-state index is 13.0. The lowest BCUT2D eigenvalue weighted by Gasteiger charge is -2.29. The Hall–Kier alpha value is -1.98. The van der Waals surface area contributed by atoms with Gasteiger partial charge in [0.1, 0.15) is 6.04 Å². The summed E-state index contributed by atoms with van der Waals surface area (Å²) in [6.07, 6.45) is 0. The zero-order chi connectivity index (χ0) is 20.5. The van der Waals surface area contributed by atoms with Crippen LogP contribution < -0.4 is 5.32 Å². The minimum absolute atomic E-state index is 0.0963. The molecular weight excluding hydrogens is 392 g/mol. The van der Waals surface area contributed by atoms with Crippen LogP contribution in [0.4, 0.5) is 0 Å². The predicted molar refractivity (Wildman–Crippen MR) is 116 cm³/mol. The molecule has 0 radical (unpaired) electrons. The Bertz CT molecular complexity index is 783. The molecule has 0 aliphatic heterocycles. The fourth-order valence-corrected chi connectivity index (χ4v) is 3.59. The summed E-state index contributed by atoms with van der Waals surface area (Å²) in [6.45, 7) is 6.71. The number of amides is 2. The van der Waals surface area contributed by atoms with E-state index in [4.69, 9.17) is 11.6 Å². The van der Waals surface area contributed by atoms with Crippen molar-refractivity contribution >= 4 is 35.2 Å². The van der Waals surface area contributed by atoms with Gasteiger partial charge in [-0.15, -0.1) is 11.8 Å². The van der Waals surface area contributed by atoms with E-state index in [1.165, 1.54) is 11.8 Å². The summed E-state index contributed by atoms with van der Waals surface area (Å²) in [7, 11) is 0. The first kappa shape index (κ1) is 22.3. The van der Waals surface area contributed by atoms with Gasteiger partial charge in [-0.3, -0.25) is 9.59 Å². The van der Waals surface area contributed by atoms with Gasteiger partial charge in [0.15, 0.2) is 0 Å². The Morgan fingerprint density at radius 2 is 1.68 bits per heavy atom. The second-order valence-corrected chi connectivity index (χ2v) is 8.49. The van der Waals surface area contributed by atoms with E-state index in [9.17, 15) is 9.59 Å². The molecule has 1 N–H and O–H groups in total. The average molecular weight is 419 g/mol. The van der Waals surface area contributed by atoms with Crippen molar-refractivity contribution in [3.63, 3.8) is 0 Å². The fraction of sp³-hybridized carbons (Fsp3) is 0.364. The van der Waals surface area contributed by atoms with Crippen molar-refractivity contribution in [3.05, 3.63) is 65.2 Å². The van der Waals surface area contributed by atoms with Crippen LogP contribution in [0, 0.1) is 5.92 Å². The van der Waals surface area contributed by atoms with Crippen molar-refractivity contribution in [2.45, 2.75) is 38.3 Å². The first-order valence-corrected chi connectivity index (χ1v) is 10.7. The summed E-state index contributed by atoms with van der Waals surface area (Å²) in [5.74, 6) is 0.355. The lowest BCUT2D eigenvalue weighted by Crippen LogP contribution is -2.48. The van der Waals surface area contributed by atoms with E-state index in [0.717, 1.165) is 10.5 Å². The number of nitrogens with zero attached hydrogens (tertiary/aromatic N) is 1. The monoisotopic (exact) mass is 418 g/mol. The Balaban J connectivity index is 2.13. The molecule has 2 aromatic rings. The third-order valence-electron chi connectivity index (χ3n) is 4.26. The highest BCUT2D eigenvalue weighted by molar-refractivity contribution is 8.00. The van der Waals surface area contributed by atoms with Crippen LogP contribution in [0.2, 0.25) is 5.02 Å². The van der Waals surface area contributed by atoms with E-state index in [0.29, 0.717) is 24.0 Å². The summed E-state index contributed by atoms with van der Waals surface area (Å²) in [5.41, 5.74) is 0.825. The minimum Gasteiger partial charge on any atom is -0.354 e. The zero-order valence-electron chi connectivity index (χ0n) is 16.5. The van der Waals surface area contributed by atoms with Crippen LogP contribution in [0.25, 0.3) is 0 Å². The van der Waals surface area contributed by atoms with Crippen LogP contribution in [-0.4, -0.2) is 35.1 Å². The highest BCUT2D eigenvalue weighted by Crippen LogP contribution is 2.22. The summed E-state index contributed by atoms with van der Waals surface area (Å²) in [5, 5.41) is 3.51. The Kier molecular flexibility index (Phi) is 8.87. The van der Waals surface area contributed by atoms with E-state index in [2.05, 4.69) is 5.32 Å². The zero-order valence-corrected chi connectivity index (χ0v) is 18.1. The number of nitrogens with one attached hydrogen (secondary N) is 1. The highest BCUT2D eigenvalue weighted by atomic mass is 35.5. The molecule has 2 aromatic carbocycles. The number of rotatable bonds is 9. The van der Waals surface area contributed by atoms with Gasteiger partial charge in [0.25, 0.3) is 0 Å². The number of hydrogen-bond acceptors (Lipinski definition) is 3. The van der Waals surface area contributed by atoms with Gasteiger partial charge < -0.3 is 10.2 Å². The number of benzene rings is 2. The van der Waals surface area contributed by atoms with Gasteiger partial charge in [-0.2, -0.15) is 0 Å². The van der Waals surface area contributed by atoms with Crippen LogP contribution in [0.15, 0.2) is 59.5 Å². The fourth-order valence-electron chi connectivity index (χ4n) is 2.59. The van der Waals surface area contributed by atoms with E-state index < -0.39 is 6.04 Å². The lowest BCUT2D eigenvalue weighted by molar-refractivity contribution is -0.138. The number of halogens is 1. The Morgan fingerprint density at radius 1 is 1.04 bits per heavy atom. The molecule has 0 aliphatic carbocycles. The van der Waals surface area contributed by atoms with Crippen LogP contribution in [0.5, 0.6) is 0 Å². The van der Waals surface area contributed by atoms with Crippen LogP contribution in [0.3, 0.4) is 0 Å². The Morgan fingerprint density at radius 3 is 2.32 bits per heavy atom. The smallest absolute Gasteiger partial charge is 0.242 e. The van der Waals surface area contributed by atoms with Crippen molar-refractivity contribution in [3.8, 4) is 0 Å². The first-order chi connectivity index (χ1) is 13.4. The maximum Gasteiger partial charge on any atom is 0.242 e. The topological polar surface area (TPSA) is 49.4 Å². The van der Waals surface area contributed by atoms with Gasteiger partial charge in [0.05, 0.1) is 5.75 Å². The maximum absolute atomic E-state index is 13.0. The van der Waals surface area contributed by atoms with Gasteiger partial charge in [0, 0.05) is 23.0 Å². The largest absolute Gasteiger partial charge is 0.354 e. The molecule has 2 amide bonds. The molecule has 2 rings (SSSR count). The van der Waals surface area contributed by atoms with Crippen LogP contribution in [0.1, 0.15) is 26.3 Å². The lowest BCUT2D eigenvalue weighted by atomic mass is 10.1. The van der Waals surface area contributed by atoms with E-state index in [-0.39, 0.29) is 17.6 Å². The van der Waals surface area contributed by atoms with Crippen molar-refractivity contribution in [2.24, 2.45) is 5.92 Å². The molecule has 6 heteroatoms. The van der Waals surface area contributed by atoms with Crippen molar-refractivity contribution in [1.82, 2.24) is 10.2 Å². The SMILES string of the molecule is CC(C)CNC(=O)C(C)N(Cc1ccccc1Cl)C(=O)CSc1ccccc1. The third-order valence-corrected chi connectivity index (χ3v) is 5.62. The normalized spacial score (nSPS) is 11.9. The highest BCUT2D eigenvalue weighted by Gasteiger charge is 2.26. The molecule has 1 atom stereocenters. The number of carbonyl (C=O) groups is 2. The van der Waals surface area contributed by atoms with Crippen LogP contribution >= 0.6 is 23.4 Å². The Labute approximate surface area is 176 Å². The summed E-state index contributed by atoms with van der Waals surface area (Å²) < 4.78 is 0. The van der Waals surface area contributed by atoms with E-state index in [1.54, 1.807) is 17.9 Å². The molecule has 4 nitrogen and oxygen atoms in total. The number of thioether (sulfide) groups is 1. The van der Waals surface area contributed by atoms with Gasteiger partial charge in [-0.05, 0) is 36.6 Å². The van der Waals surface area contributed by atoms with Crippen LogP contribution in [-0.2, 0) is 16.1 Å². The average Bonchev–Trinajstić information content (AvgIpc) is 2.69. The van der Waals surface area contributed by atoms with Gasteiger partial charge in [-0.25, -0.2) is 0 Å². The molecular formula is C22H27ClN2O2S. The van der Waals surface area contributed by atoms with Crippen molar-refractivity contribution in [2.75, 3.05) is 12.3 Å². The molecule has 28 heavy (non-hydrogen) atoms. The second kappa shape index (κ2) is 11.1. The molecule has 1 unspecified atom stereocenters. The van der Waals surface area contributed by atoms with E-state index in [1.807, 2.05) is 62.4 Å².